The molecule has 1 aliphatic heterocycles. The van der Waals surface area contributed by atoms with Gasteiger partial charge in [0, 0.05) is 18.1 Å². The van der Waals surface area contributed by atoms with Crippen molar-refractivity contribution in [1.29, 1.82) is 0 Å². The van der Waals surface area contributed by atoms with Gasteiger partial charge in [0.15, 0.2) is 5.58 Å². The first-order valence-corrected chi connectivity index (χ1v) is 6.93. The molecule has 0 spiro atoms. The molecule has 0 aliphatic carbocycles. The van der Waals surface area contributed by atoms with E-state index in [9.17, 15) is 4.79 Å². The maximum absolute atomic E-state index is 12.5. The Balaban J connectivity index is 1.54. The predicted molar refractivity (Wildman–Crippen MR) is 75.4 cm³/mol. The van der Waals surface area contributed by atoms with Crippen LogP contribution in [0.15, 0.2) is 41.1 Å². The summed E-state index contributed by atoms with van der Waals surface area (Å²) in [6, 6.07) is 9.55. The fourth-order valence-corrected chi connectivity index (χ4v) is 2.72. The van der Waals surface area contributed by atoms with Crippen LogP contribution in [0.3, 0.4) is 0 Å². The van der Waals surface area contributed by atoms with Gasteiger partial charge in [0.05, 0.1) is 25.2 Å². The quantitative estimate of drug-likeness (QED) is 0.716. The van der Waals surface area contributed by atoms with Crippen LogP contribution >= 0.6 is 0 Å². The smallest absolute Gasteiger partial charge is 0.229 e. The molecule has 1 aliphatic rings. The molecule has 0 saturated carbocycles. The second-order valence-electron chi connectivity index (χ2n) is 5.16. The molecule has 1 amide bonds. The summed E-state index contributed by atoms with van der Waals surface area (Å²) in [5.74, 6) is 0.0708. The minimum absolute atomic E-state index is 0.0708. The molecule has 3 aromatic rings. The van der Waals surface area contributed by atoms with E-state index >= 15 is 0 Å². The zero-order valence-electron chi connectivity index (χ0n) is 11.4. The molecular formula is C15H14N4O2. The molecule has 2 aromatic heterocycles. The third kappa shape index (κ3) is 2.08. The van der Waals surface area contributed by atoms with E-state index in [1.807, 2.05) is 39.9 Å². The number of aromatic nitrogens is 3. The lowest BCUT2D eigenvalue weighted by atomic mass is 10.1. The highest BCUT2D eigenvalue weighted by Gasteiger charge is 2.22. The van der Waals surface area contributed by atoms with Gasteiger partial charge in [-0.15, -0.1) is 0 Å². The average Bonchev–Trinajstić information content (AvgIpc) is 3.13. The first kappa shape index (κ1) is 12.1. The number of carbonyl (C=O) groups is 1. The van der Waals surface area contributed by atoms with Crippen molar-refractivity contribution in [3.63, 3.8) is 0 Å². The third-order valence-corrected chi connectivity index (χ3v) is 3.86. The molecule has 1 aromatic carbocycles. The van der Waals surface area contributed by atoms with E-state index in [1.54, 1.807) is 6.20 Å². The molecule has 0 atom stereocenters. The molecule has 106 valence electrons. The van der Waals surface area contributed by atoms with Crippen LogP contribution in [-0.2, 0) is 24.3 Å². The molecule has 3 heterocycles. The Morgan fingerprint density at radius 2 is 2.14 bits per heavy atom. The summed E-state index contributed by atoms with van der Waals surface area (Å²) < 4.78 is 7.19. The van der Waals surface area contributed by atoms with E-state index in [1.165, 1.54) is 0 Å². The zero-order chi connectivity index (χ0) is 14.2. The number of fused-ring (bicyclic) bond motifs is 2. The van der Waals surface area contributed by atoms with E-state index in [0.717, 1.165) is 23.2 Å². The standard InChI is InChI=1S/C15H14N4O2/c20-15(18-7-8-19-11(10-18)5-6-16-19)9-13-12-3-1-2-4-14(12)21-17-13/h1-6H,7-10H2. The van der Waals surface area contributed by atoms with Gasteiger partial charge in [-0.2, -0.15) is 5.10 Å². The minimum Gasteiger partial charge on any atom is -0.356 e. The Hall–Kier alpha value is -2.63. The van der Waals surface area contributed by atoms with Crippen LogP contribution in [0.25, 0.3) is 11.0 Å². The maximum atomic E-state index is 12.5. The summed E-state index contributed by atoms with van der Waals surface area (Å²) in [6.45, 7) is 2.03. The maximum Gasteiger partial charge on any atom is 0.229 e. The SMILES string of the molecule is O=C(Cc1noc2ccccc12)N1CCn2nccc2C1. The molecule has 6 heteroatoms. The molecule has 6 nitrogen and oxygen atoms in total. The number of carbonyl (C=O) groups excluding carboxylic acids is 1. The largest absolute Gasteiger partial charge is 0.356 e. The number of para-hydroxylation sites is 1. The molecule has 0 N–H and O–H groups in total. The van der Waals surface area contributed by atoms with Crippen LogP contribution < -0.4 is 0 Å². The topological polar surface area (TPSA) is 64.2 Å². The van der Waals surface area contributed by atoms with E-state index in [4.69, 9.17) is 4.52 Å². The number of rotatable bonds is 2. The van der Waals surface area contributed by atoms with Crippen LogP contribution in [0.5, 0.6) is 0 Å². The van der Waals surface area contributed by atoms with Gasteiger partial charge in [-0.05, 0) is 18.2 Å². The molecule has 0 saturated heterocycles. The van der Waals surface area contributed by atoms with Gasteiger partial charge in [-0.1, -0.05) is 17.3 Å². The van der Waals surface area contributed by atoms with Crippen molar-refractivity contribution in [2.75, 3.05) is 6.54 Å². The highest BCUT2D eigenvalue weighted by Crippen LogP contribution is 2.19. The van der Waals surface area contributed by atoms with Gasteiger partial charge in [-0.25, -0.2) is 0 Å². The van der Waals surface area contributed by atoms with Gasteiger partial charge in [-0.3, -0.25) is 9.48 Å². The molecule has 0 unspecified atom stereocenters. The van der Waals surface area contributed by atoms with E-state index in [-0.39, 0.29) is 12.3 Å². The normalized spacial score (nSPS) is 14.4. The van der Waals surface area contributed by atoms with Crippen LogP contribution in [0, 0.1) is 0 Å². The van der Waals surface area contributed by atoms with Crippen molar-refractivity contribution in [1.82, 2.24) is 19.8 Å². The van der Waals surface area contributed by atoms with E-state index in [0.29, 0.717) is 18.8 Å². The Labute approximate surface area is 120 Å². The van der Waals surface area contributed by atoms with Gasteiger partial charge >= 0.3 is 0 Å². The Morgan fingerprint density at radius 3 is 3.10 bits per heavy atom. The first-order chi connectivity index (χ1) is 10.3. The molecular weight excluding hydrogens is 268 g/mol. The van der Waals surface area contributed by atoms with Crippen LogP contribution in [0.1, 0.15) is 11.4 Å². The molecule has 0 radical (unpaired) electrons. The van der Waals surface area contributed by atoms with Gasteiger partial charge in [0.1, 0.15) is 5.69 Å². The summed E-state index contributed by atoms with van der Waals surface area (Å²) in [6.07, 6.45) is 2.04. The first-order valence-electron chi connectivity index (χ1n) is 6.93. The highest BCUT2D eigenvalue weighted by molar-refractivity contribution is 5.86. The van der Waals surface area contributed by atoms with Crippen molar-refractivity contribution in [2.45, 2.75) is 19.5 Å². The lowest BCUT2D eigenvalue weighted by molar-refractivity contribution is -0.132. The van der Waals surface area contributed by atoms with Gasteiger partial charge < -0.3 is 9.42 Å². The number of benzene rings is 1. The summed E-state index contributed by atoms with van der Waals surface area (Å²) in [5, 5.41) is 9.15. The van der Waals surface area contributed by atoms with Crippen molar-refractivity contribution >= 4 is 16.9 Å². The van der Waals surface area contributed by atoms with Crippen molar-refractivity contribution in [2.24, 2.45) is 0 Å². The molecule has 0 bridgehead atoms. The summed E-state index contributed by atoms with van der Waals surface area (Å²) in [4.78, 5) is 14.3. The second kappa shape index (κ2) is 4.73. The number of amides is 1. The Kier molecular flexibility index (Phi) is 2.73. The lowest BCUT2D eigenvalue weighted by Gasteiger charge is -2.27. The van der Waals surface area contributed by atoms with Crippen molar-refractivity contribution in [3.05, 3.63) is 47.9 Å². The number of hydrogen-bond donors (Lipinski definition) is 0. The fraction of sp³-hybridized carbons (Fsp3) is 0.267. The van der Waals surface area contributed by atoms with Gasteiger partial charge in [0.2, 0.25) is 5.91 Å². The monoisotopic (exact) mass is 282 g/mol. The van der Waals surface area contributed by atoms with Crippen LogP contribution in [0.4, 0.5) is 0 Å². The summed E-state index contributed by atoms with van der Waals surface area (Å²) in [5.41, 5.74) is 2.49. The fourth-order valence-electron chi connectivity index (χ4n) is 2.72. The van der Waals surface area contributed by atoms with E-state index in [2.05, 4.69) is 10.3 Å². The zero-order valence-corrected chi connectivity index (χ0v) is 11.4. The van der Waals surface area contributed by atoms with Crippen molar-refractivity contribution < 1.29 is 9.32 Å². The molecule has 4 rings (SSSR count). The number of nitrogens with zero attached hydrogens (tertiary/aromatic N) is 4. The minimum atomic E-state index is 0.0708. The summed E-state index contributed by atoms with van der Waals surface area (Å²) in [7, 11) is 0. The third-order valence-electron chi connectivity index (χ3n) is 3.86. The Morgan fingerprint density at radius 1 is 1.24 bits per heavy atom. The highest BCUT2D eigenvalue weighted by atomic mass is 16.5. The molecule has 21 heavy (non-hydrogen) atoms. The average molecular weight is 282 g/mol. The number of hydrogen-bond acceptors (Lipinski definition) is 4. The van der Waals surface area contributed by atoms with Crippen LogP contribution in [-0.4, -0.2) is 32.3 Å². The lowest BCUT2D eigenvalue weighted by Crippen LogP contribution is -2.39. The van der Waals surface area contributed by atoms with Gasteiger partial charge in [0.25, 0.3) is 0 Å². The predicted octanol–water partition coefficient (Wildman–Crippen LogP) is 1.61. The molecule has 0 fully saturated rings. The summed E-state index contributed by atoms with van der Waals surface area (Å²) >= 11 is 0. The van der Waals surface area contributed by atoms with E-state index < -0.39 is 0 Å². The van der Waals surface area contributed by atoms with Crippen LogP contribution in [0.2, 0.25) is 0 Å². The second-order valence-corrected chi connectivity index (χ2v) is 5.16. The Bertz CT molecular complexity index is 805. The van der Waals surface area contributed by atoms with Crippen molar-refractivity contribution in [3.8, 4) is 0 Å².